The predicted octanol–water partition coefficient (Wildman–Crippen LogP) is 5.43. The molecule has 6 heteroatoms. The molecule has 1 atom stereocenters. The molecule has 5 nitrogen and oxygen atoms in total. The minimum atomic E-state index is -3.67. The molecule has 0 aromatic heterocycles. The van der Waals surface area contributed by atoms with E-state index >= 15 is 0 Å². The normalized spacial score (nSPS) is 17.9. The van der Waals surface area contributed by atoms with Crippen molar-refractivity contribution >= 4 is 10.0 Å². The van der Waals surface area contributed by atoms with E-state index in [0.717, 1.165) is 18.4 Å². The lowest BCUT2D eigenvalue weighted by molar-refractivity contribution is -0.0415. The molecule has 1 unspecified atom stereocenters. The summed E-state index contributed by atoms with van der Waals surface area (Å²) >= 11 is 0. The van der Waals surface area contributed by atoms with Gasteiger partial charge in [0.15, 0.2) is 0 Å². The maximum atomic E-state index is 13.7. The first-order valence-corrected chi connectivity index (χ1v) is 12.1. The molecular weight excluding hydrogens is 386 g/mol. The number of sulfonamides is 1. The van der Waals surface area contributed by atoms with Gasteiger partial charge >= 0.3 is 0 Å². The first-order chi connectivity index (χ1) is 13.0. The molecule has 1 rings (SSSR count). The van der Waals surface area contributed by atoms with Gasteiger partial charge in [-0.1, -0.05) is 11.6 Å². The molecule has 0 aliphatic heterocycles. The van der Waals surface area contributed by atoms with Gasteiger partial charge in [-0.25, -0.2) is 8.42 Å². The minimum Gasteiger partial charge on any atom is -0.376 e. The predicted molar refractivity (Wildman–Crippen MR) is 121 cm³/mol. The highest BCUT2D eigenvalue weighted by Gasteiger charge is 2.41. The Kier molecular flexibility index (Phi) is 8.75. The zero-order valence-electron chi connectivity index (χ0n) is 20.3. The number of ether oxygens (including phenoxy) is 2. The van der Waals surface area contributed by atoms with Gasteiger partial charge in [0.2, 0.25) is 10.0 Å². The molecule has 1 aliphatic carbocycles. The SMILES string of the molecule is CC1=CC(S(=O)(=O)N(C(C)COC(C)(C)C)C(C)(C)CCOC(C)(C)C)=CCC1. The van der Waals surface area contributed by atoms with Crippen LogP contribution in [-0.4, -0.2) is 48.7 Å². The first kappa shape index (κ1) is 26.3. The van der Waals surface area contributed by atoms with Crippen LogP contribution in [0.25, 0.3) is 0 Å². The number of hydrogen-bond acceptors (Lipinski definition) is 4. The van der Waals surface area contributed by atoms with E-state index in [4.69, 9.17) is 9.47 Å². The molecule has 0 saturated carbocycles. The van der Waals surface area contributed by atoms with E-state index in [1.165, 1.54) is 0 Å². The molecular formula is C23H43NO4S. The van der Waals surface area contributed by atoms with E-state index in [1.807, 2.05) is 81.4 Å². The summed E-state index contributed by atoms with van der Waals surface area (Å²) in [4.78, 5) is 0.397. The Balaban J connectivity index is 3.21. The lowest BCUT2D eigenvalue weighted by Crippen LogP contribution is -2.54. The third kappa shape index (κ3) is 8.52. The van der Waals surface area contributed by atoms with Crippen LogP contribution in [0.4, 0.5) is 0 Å². The quantitative estimate of drug-likeness (QED) is 0.490. The lowest BCUT2D eigenvalue weighted by atomic mass is 9.99. The third-order valence-corrected chi connectivity index (χ3v) is 7.09. The van der Waals surface area contributed by atoms with Gasteiger partial charge in [0.1, 0.15) is 0 Å². The van der Waals surface area contributed by atoms with Crippen molar-refractivity contribution in [3.05, 3.63) is 22.6 Å². The molecule has 0 aromatic rings. The van der Waals surface area contributed by atoms with E-state index in [9.17, 15) is 8.42 Å². The first-order valence-electron chi connectivity index (χ1n) is 10.7. The van der Waals surface area contributed by atoms with Crippen molar-refractivity contribution in [1.82, 2.24) is 4.31 Å². The Morgan fingerprint density at radius 1 is 1.03 bits per heavy atom. The van der Waals surface area contributed by atoms with Crippen LogP contribution in [0.1, 0.15) is 88.5 Å². The van der Waals surface area contributed by atoms with Crippen LogP contribution in [0.15, 0.2) is 22.6 Å². The summed E-state index contributed by atoms with van der Waals surface area (Å²) in [5.74, 6) is 0. The Morgan fingerprint density at radius 3 is 2.07 bits per heavy atom. The van der Waals surface area contributed by atoms with Crippen molar-refractivity contribution in [3.63, 3.8) is 0 Å². The molecule has 0 fully saturated rings. The maximum Gasteiger partial charge on any atom is 0.243 e. The van der Waals surface area contributed by atoms with Crippen molar-refractivity contribution in [3.8, 4) is 0 Å². The zero-order chi connectivity index (χ0) is 22.7. The second-order valence-corrected chi connectivity index (χ2v) is 12.5. The Hall–Kier alpha value is -0.690. The molecule has 0 heterocycles. The second kappa shape index (κ2) is 9.63. The highest BCUT2D eigenvalue weighted by Crippen LogP contribution is 2.33. The van der Waals surface area contributed by atoms with E-state index in [2.05, 4.69) is 0 Å². The van der Waals surface area contributed by atoms with Crippen LogP contribution in [0.2, 0.25) is 0 Å². The highest BCUT2D eigenvalue weighted by molar-refractivity contribution is 7.93. The number of nitrogens with zero attached hydrogens (tertiary/aromatic N) is 1. The fourth-order valence-electron chi connectivity index (χ4n) is 3.42. The van der Waals surface area contributed by atoms with E-state index in [-0.39, 0.29) is 17.2 Å². The Labute approximate surface area is 179 Å². The van der Waals surface area contributed by atoms with Crippen LogP contribution in [0, 0.1) is 0 Å². The number of rotatable bonds is 9. The molecule has 0 radical (unpaired) electrons. The zero-order valence-corrected chi connectivity index (χ0v) is 21.1. The lowest BCUT2D eigenvalue weighted by Gasteiger charge is -2.42. The van der Waals surface area contributed by atoms with Gasteiger partial charge in [0.05, 0.1) is 22.7 Å². The molecule has 29 heavy (non-hydrogen) atoms. The van der Waals surface area contributed by atoms with Gasteiger partial charge < -0.3 is 9.47 Å². The molecule has 0 amide bonds. The number of allylic oxidation sites excluding steroid dienone is 3. The summed E-state index contributed by atoms with van der Waals surface area (Å²) in [5, 5.41) is 0. The van der Waals surface area contributed by atoms with Crippen LogP contribution in [0.3, 0.4) is 0 Å². The van der Waals surface area contributed by atoms with Gasteiger partial charge in [-0.3, -0.25) is 0 Å². The Morgan fingerprint density at radius 2 is 1.59 bits per heavy atom. The Bertz CT molecular complexity index is 706. The third-order valence-electron chi connectivity index (χ3n) is 4.83. The fraction of sp³-hybridized carbons (Fsp3) is 0.826. The number of hydrogen-bond donors (Lipinski definition) is 0. The average Bonchev–Trinajstić information content (AvgIpc) is 2.50. The van der Waals surface area contributed by atoms with Gasteiger partial charge in [-0.05, 0) is 94.6 Å². The summed E-state index contributed by atoms with van der Waals surface area (Å²) in [6.45, 7) is 20.7. The smallest absolute Gasteiger partial charge is 0.243 e. The summed E-state index contributed by atoms with van der Waals surface area (Å²) in [6, 6.07) is -0.305. The monoisotopic (exact) mass is 429 g/mol. The van der Waals surface area contributed by atoms with Crippen molar-refractivity contribution < 1.29 is 17.9 Å². The van der Waals surface area contributed by atoms with Crippen molar-refractivity contribution in [2.45, 2.75) is 111 Å². The average molecular weight is 430 g/mol. The van der Waals surface area contributed by atoms with Gasteiger partial charge in [-0.2, -0.15) is 4.31 Å². The van der Waals surface area contributed by atoms with E-state index < -0.39 is 15.6 Å². The van der Waals surface area contributed by atoms with Gasteiger partial charge in [-0.15, -0.1) is 0 Å². The second-order valence-electron chi connectivity index (χ2n) is 10.7. The van der Waals surface area contributed by atoms with Crippen molar-refractivity contribution in [1.29, 1.82) is 0 Å². The minimum absolute atomic E-state index is 0.257. The molecule has 0 N–H and O–H groups in total. The van der Waals surface area contributed by atoms with Crippen LogP contribution in [0.5, 0.6) is 0 Å². The van der Waals surface area contributed by atoms with Crippen molar-refractivity contribution in [2.24, 2.45) is 0 Å². The molecule has 170 valence electrons. The summed E-state index contributed by atoms with van der Waals surface area (Å²) in [5.41, 5.74) is -0.111. The summed E-state index contributed by atoms with van der Waals surface area (Å²) < 4.78 is 40.9. The fourth-order valence-corrected chi connectivity index (χ4v) is 5.61. The highest BCUT2D eigenvalue weighted by atomic mass is 32.2. The van der Waals surface area contributed by atoms with Gasteiger partial charge in [0.25, 0.3) is 0 Å². The standard InChI is InChI=1S/C23H43NO4S/c1-18-12-11-13-20(16-18)29(25,26)24(19(2)17-28-22(6,7)8)23(9,10)14-15-27-21(3,4)5/h13,16,19H,11-12,14-15,17H2,1-10H3. The summed E-state index contributed by atoms with van der Waals surface area (Å²) in [6.07, 6.45) is 5.91. The van der Waals surface area contributed by atoms with E-state index in [1.54, 1.807) is 4.31 Å². The van der Waals surface area contributed by atoms with Crippen LogP contribution >= 0.6 is 0 Å². The summed E-state index contributed by atoms with van der Waals surface area (Å²) in [7, 11) is -3.67. The topological polar surface area (TPSA) is 55.8 Å². The largest absolute Gasteiger partial charge is 0.376 e. The van der Waals surface area contributed by atoms with Crippen molar-refractivity contribution in [2.75, 3.05) is 13.2 Å². The van der Waals surface area contributed by atoms with E-state index in [0.29, 0.717) is 24.5 Å². The van der Waals surface area contributed by atoms with Crippen LogP contribution in [-0.2, 0) is 19.5 Å². The molecule has 0 aromatic carbocycles. The molecule has 0 saturated heterocycles. The molecule has 1 aliphatic rings. The molecule has 0 bridgehead atoms. The molecule has 0 spiro atoms. The maximum absolute atomic E-state index is 13.7. The van der Waals surface area contributed by atoms with Gasteiger partial charge in [0, 0.05) is 18.2 Å². The van der Waals surface area contributed by atoms with Crippen LogP contribution < -0.4 is 0 Å².